The Labute approximate surface area is 118 Å². The largest absolute Gasteiger partial charge is 0.340 e. The topological polar surface area (TPSA) is 29.9 Å². The van der Waals surface area contributed by atoms with Gasteiger partial charge in [0.2, 0.25) is 0 Å². The number of benzene rings is 1. The minimum Gasteiger partial charge on any atom is -0.340 e. The van der Waals surface area contributed by atoms with Gasteiger partial charge in [0.15, 0.2) is 0 Å². The van der Waals surface area contributed by atoms with Gasteiger partial charge in [-0.3, -0.25) is 4.98 Å². The van der Waals surface area contributed by atoms with Crippen LogP contribution in [0.15, 0.2) is 48.8 Å². The summed E-state index contributed by atoms with van der Waals surface area (Å²) in [7, 11) is 0. The predicted octanol–water partition coefficient (Wildman–Crippen LogP) is 2.73. The van der Waals surface area contributed by atoms with Gasteiger partial charge >= 0.3 is 0 Å². The van der Waals surface area contributed by atoms with Gasteiger partial charge in [0.05, 0.1) is 0 Å². The van der Waals surface area contributed by atoms with Crippen LogP contribution in [-0.2, 0) is 19.5 Å². The second kappa shape index (κ2) is 4.76. The van der Waals surface area contributed by atoms with E-state index in [0.29, 0.717) is 0 Å². The van der Waals surface area contributed by atoms with Gasteiger partial charge in [-0.15, -0.1) is 0 Å². The highest BCUT2D eigenvalue weighted by molar-refractivity contribution is 5.86. The van der Waals surface area contributed by atoms with E-state index in [1.54, 1.807) is 0 Å². The maximum absolute atomic E-state index is 4.23. The summed E-state index contributed by atoms with van der Waals surface area (Å²) in [4.78, 5) is 4.23. The Kier molecular flexibility index (Phi) is 2.78. The molecule has 0 spiro atoms. The van der Waals surface area contributed by atoms with E-state index in [9.17, 15) is 0 Å². The first kappa shape index (κ1) is 11.7. The Morgan fingerprint density at radius 2 is 2.10 bits per heavy atom. The molecule has 20 heavy (non-hydrogen) atoms. The molecular formula is C17H17N3. The maximum Gasteiger partial charge on any atom is 0.0494 e. The van der Waals surface area contributed by atoms with Gasteiger partial charge in [-0.1, -0.05) is 24.3 Å². The van der Waals surface area contributed by atoms with E-state index in [-0.39, 0.29) is 0 Å². The smallest absolute Gasteiger partial charge is 0.0494 e. The highest BCUT2D eigenvalue weighted by atomic mass is 15.0. The zero-order valence-electron chi connectivity index (χ0n) is 11.3. The van der Waals surface area contributed by atoms with Crippen molar-refractivity contribution in [3.8, 4) is 0 Å². The van der Waals surface area contributed by atoms with Gasteiger partial charge in [-0.2, -0.15) is 0 Å². The van der Waals surface area contributed by atoms with E-state index in [0.717, 1.165) is 26.1 Å². The quantitative estimate of drug-likeness (QED) is 0.770. The van der Waals surface area contributed by atoms with Crippen LogP contribution in [0.25, 0.3) is 10.9 Å². The number of hydrogen-bond acceptors (Lipinski definition) is 2. The Morgan fingerprint density at radius 3 is 3.00 bits per heavy atom. The number of nitrogens with one attached hydrogen (secondary N) is 1. The van der Waals surface area contributed by atoms with Crippen LogP contribution in [0.5, 0.6) is 0 Å². The lowest BCUT2D eigenvalue weighted by Gasteiger charge is -2.17. The first-order valence-corrected chi connectivity index (χ1v) is 7.12. The summed E-state index contributed by atoms with van der Waals surface area (Å²) < 4.78 is 2.46. The molecule has 0 saturated carbocycles. The molecule has 0 atom stereocenters. The number of para-hydroxylation sites is 1. The number of aromatic nitrogens is 2. The van der Waals surface area contributed by atoms with Crippen LogP contribution in [-0.4, -0.2) is 16.1 Å². The predicted molar refractivity (Wildman–Crippen MR) is 80.7 cm³/mol. The molecular weight excluding hydrogens is 246 g/mol. The van der Waals surface area contributed by atoms with Crippen LogP contribution >= 0.6 is 0 Å². The first-order valence-electron chi connectivity index (χ1n) is 7.12. The molecule has 0 aliphatic carbocycles. The fourth-order valence-electron chi connectivity index (χ4n) is 3.19. The van der Waals surface area contributed by atoms with E-state index < -0.39 is 0 Å². The minimum absolute atomic E-state index is 0.906. The zero-order chi connectivity index (χ0) is 13.4. The van der Waals surface area contributed by atoms with Gasteiger partial charge in [0.1, 0.15) is 0 Å². The third kappa shape index (κ3) is 1.82. The van der Waals surface area contributed by atoms with Gasteiger partial charge in [-0.25, -0.2) is 0 Å². The van der Waals surface area contributed by atoms with Crippen LogP contribution in [0, 0.1) is 0 Å². The molecule has 3 heterocycles. The van der Waals surface area contributed by atoms with Crippen molar-refractivity contribution < 1.29 is 0 Å². The summed E-state index contributed by atoms with van der Waals surface area (Å²) in [5, 5.41) is 4.87. The van der Waals surface area contributed by atoms with Crippen molar-refractivity contribution in [2.75, 3.05) is 6.54 Å². The molecule has 1 aliphatic heterocycles. The number of hydrogen-bond donors (Lipinski definition) is 1. The van der Waals surface area contributed by atoms with E-state index in [1.165, 1.54) is 27.7 Å². The summed E-state index contributed by atoms with van der Waals surface area (Å²) >= 11 is 0. The molecule has 1 N–H and O–H groups in total. The van der Waals surface area contributed by atoms with Gasteiger partial charge in [-0.05, 0) is 23.3 Å². The van der Waals surface area contributed by atoms with Crippen molar-refractivity contribution >= 4 is 10.9 Å². The summed E-state index contributed by atoms with van der Waals surface area (Å²) in [6.45, 7) is 2.95. The number of rotatable bonds is 2. The fraction of sp³-hybridized carbons (Fsp3) is 0.235. The van der Waals surface area contributed by atoms with Crippen LogP contribution < -0.4 is 5.32 Å². The van der Waals surface area contributed by atoms with Crippen molar-refractivity contribution in [3.05, 3.63) is 65.6 Å². The Hall–Kier alpha value is -2.13. The monoisotopic (exact) mass is 263 g/mol. The lowest BCUT2D eigenvalue weighted by atomic mass is 10.1. The molecule has 0 radical (unpaired) electrons. The molecule has 0 unspecified atom stereocenters. The summed E-state index contributed by atoms with van der Waals surface area (Å²) in [5.41, 5.74) is 5.55. The van der Waals surface area contributed by atoms with E-state index in [1.807, 2.05) is 18.5 Å². The van der Waals surface area contributed by atoms with Crippen LogP contribution in [0.1, 0.15) is 16.8 Å². The van der Waals surface area contributed by atoms with Crippen molar-refractivity contribution in [2.45, 2.75) is 19.5 Å². The molecule has 0 amide bonds. The molecule has 3 aromatic rings. The average Bonchev–Trinajstić information content (AvgIpc) is 2.84. The lowest BCUT2D eigenvalue weighted by molar-refractivity contribution is 0.611. The standard InChI is InChI=1S/C17H17N3/c1-2-6-16-14(5-1)15-11-19-9-7-17(15)20(16)12-13-4-3-8-18-10-13/h1-6,8,10,19H,7,9,11-12H2. The zero-order valence-corrected chi connectivity index (χ0v) is 11.3. The molecule has 4 rings (SSSR count). The molecule has 1 aliphatic rings. The van der Waals surface area contributed by atoms with E-state index in [2.05, 4.69) is 45.2 Å². The Bertz CT molecular complexity index is 744. The second-order valence-electron chi connectivity index (χ2n) is 5.32. The van der Waals surface area contributed by atoms with Crippen molar-refractivity contribution in [2.24, 2.45) is 0 Å². The molecule has 2 aromatic heterocycles. The minimum atomic E-state index is 0.906. The summed E-state index contributed by atoms with van der Waals surface area (Å²) in [6, 6.07) is 12.9. The molecule has 3 nitrogen and oxygen atoms in total. The third-order valence-electron chi connectivity index (χ3n) is 4.10. The summed E-state index contributed by atoms with van der Waals surface area (Å²) in [6.07, 6.45) is 4.89. The van der Waals surface area contributed by atoms with Crippen molar-refractivity contribution in [1.29, 1.82) is 0 Å². The molecule has 1 aromatic carbocycles. The van der Waals surface area contributed by atoms with Crippen molar-refractivity contribution in [3.63, 3.8) is 0 Å². The second-order valence-corrected chi connectivity index (χ2v) is 5.32. The van der Waals surface area contributed by atoms with Gasteiger partial charge in [0.25, 0.3) is 0 Å². The SMILES string of the molecule is c1cncc(Cn2c3c(c4ccccc42)CNCC3)c1. The molecule has 0 fully saturated rings. The number of nitrogens with zero attached hydrogens (tertiary/aromatic N) is 2. The normalized spacial score (nSPS) is 14.4. The van der Waals surface area contributed by atoms with Crippen LogP contribution in [0.3, 0.4) is 0 Å². The lowest BCUT2D eigenvalue weighted by Crippen LogP contribution is -2.24. The maximum atomic E-state index is 4.23. The van der Waals surface area contributed by atoms with E-state index in [4.69, 9.17) is 0 Å². The number of pyridine rings is 1. The van der Waals surface area contributed by atoms with Gasteiger partial charge < -0.3 is 9.88 Å². The van der Waals surface area contributed by atoms with Crippen molar-refractivity contribution in [1.82, 2.24) is 14.9 Å². The highest BCUT2D eigenvalue weighted by Crippen LogP contribution is 2.29. The highest BCUT2D eigenvalue weighted by Gasteiger charge is 2.19. The summed E-state index contributed by atoms with van der Waals surface area (Å²) in [5.74, 6) is 0. The first-order chi connectivity index (χ1) is 9.93. The fourth-order valence-corrected chi connectivity index (χ4v) is 3.19. The molecule has 0 bridgehead atoms. The van der Waals surface area contributed by atoms with Crippen LogP contribution in [0.2, 0.25) is 0 Å². The Morgan fingerprint density at radius 1 is 1.15 bits per heavy atom. The molecule has 100 valence electrons. The average molecular weight is 263 g/mol. The molecule has 3 heteroatoms. The Balaban J connectivity index is 1.89. The van der Waals surface area contributed by atoms with Gasteiger partial charge in [0, 0.05) is 55.0 Å². The third-order valence-corrected chi connectivity index (χ3v) is 4.10. The number of fused-ring (bicyclic) bond motifs is 3. The van der Waals surface area contributed by atoms with Crippen LogP contribution in [0.4, 0.5) is 0 Å². The van der Waals surface area contributed by atoms with E-state index >= 15 is 0 Å². The molecule has 0 saturated heterocycles.